The van der Waals surface area contributed by atoms with Crippen LogP contribution in [0.2, 0.25) is 10.0 Å². The molecule has 3 aromatic carbocycles. The molecule has 0 aromatic heterocycles. The Morgan fingerprint density at radius 1 is 0.865 bits per heavy atom. The third-order valence-corrected chi connectivity index (χ3v) is 6.01. The Morgan fingerprint density at radius 3 is 1.97 bits per heavy atom. The van der Waals surface area contributed by atoms with Crippen molar-refractivity contribution < 1.29 is 24.7 Å². The molecule has 37 heavy (non-hydrogen) atoms. The molecule has 2 amide bonds. The highest BCUT2D eigenvalue weighted by Gasteiger charge is 2.25. The van der Waals surface area contributed by atoms with Crippen molar-refractivity contribution in [1.29, 1.82) is 0 Å². The van der Waals surface area contributed by atoms with Gasteiger partial charge in [0.25, 0.3) is 11.8 Å². The van der Waals surface area contributed by atoms with Gasteiger partial charge in [-0.2, -0.15) is 0 Å². The third-order valence-electron chi connectivity index (χ3n) is 5.57. The molecule has 0 aliphatic carbocycles. The molecule has 10 heteroatoms. The van der Waals surface area contributed by atoms with Crippen molar-refractivity contribution in [2.75, 3.05) is 6.54 Å². The van der Waals surface area contributed by atoms with E-state index in [9.17, 15) is 19.5 Å². The summed E-state index contributed by atoms with van der Waals surface area (Å²) >= 11 is 12.0. The topological polar surface area (TPSA) is 128 Å². The van der Waals surface area contributed by atoms with Crippen LogP contribution in [-0.2, 0) is 22.6 Å². The van der Waals surface area contributed by atoms with Crippen molar-refractivity contribution in [3.8, 4) is 11.1 Å². The Hall–Kier alpha value is -3.27. The van der Waals surface area contributed by atoms with Crippen LogP contribution in [0.1, 0.15) is 28.4 Å². The number of hydrogen-bond donors (Lipinski definition) is 5. The third kappa shape index (κ3) is 8.38. The number of amides is 2. The Bertz CT molecular complexity index is 1230. The summed E-state index contributed by atoms with van der Waals surface area (Å²) in [5.74, 6) is -1.44. The first-order valence-corrected chi connectivity index (χ1v) is 12.2. The lowest BCUT2D eigenvalue weighted by atomic mass is 10.0. The van der Waals surface area contributed by atoms with Gasteiger partial charge in [0.2, 0.25) is 0 Å². The minimum absolute atomic E-state index is 0.0432. The Labute approximate surface area is 224 Å². The van der Waals surface area contributed by atoms with Crippen molar-refractivity contribution in [2.24, 2.45) is 0 Å². The fraction of sp³-hybridized carbons (Fsp3) is 0.222. The number of hydroxylamine groups is 1. The van der Waals surface area contributed by atoms with Crippen LogP contribution in [0, 0.1) is 0 Å². The fourth-order valence-electron chi connectivity index (χ4n) is 3.68. The Morgan fingerprint density at radius 2 is 1.43 bits per heavy atom. The number of hydrogen-bond acceptors (Lipinski definition) is 6. The van der Waals surface area contributed by atoms with Crippen LogP contribution in [0.4, 0.5) is 0 Å². The number of Topliss-reactive ketones (excluding diaryl/α,β-unsaturated/α-hetero) is 1. The summed E-state index contributed by atoms with van der Waals surface area (Å²) in [6.45, 7) is 2.02. The van der Waals surface area contributed by atoms with Crippen LogP contribution in [0.3, 0.4) is 0 Å². The van der Waals surface area contributed by atoms with Crippen molar-refractivity contribution in [2.45, 2.75) is 32.0 Å². The Balaban J connectivity index is 1.53. The summed E-state index contributed by atoms with van der Waals surface area (Å²) in [5, 5.41) is 25.0. The van der Waals surface area contributed by atoms with Gasteiger partial charge in [0.05, 0.1) is 12.6 Å². The minimum Gasteiger partial charge on any atom is -0.391 e. The second kappa shape index (κ2) is 13.3. The summed E-state index contributed by atoms with van der Waals surface area (Å²) in [6, 6.07) is 18.2. The van der Waals surface area contributed by atoms with E-state index >= 15 is 0 Å². The van der Waals surface area contributed by atoms with E-state index in [1.165, 1.54) is 12.4 Å². The molecule has 0 spiro atoms. The monoisotopic (exact) mass is 543 g/mol. The van der Waals surface area contributed by atoms with Gasteiger partial charge in [-0.3, -0.25) is 19.6 Å². The predicted molar refractivity (Wildman–Crippen MR) is 142 cm³/mol. The van der Waals surface area contributed by atoms with E-state index in [0.29, 0.717) is 16.6 Å². The highest BCUT2D eigenvalue weighted by molar-refractivity contribution is 6.34. The van der Waals surface area contributed by atoms with Crippen LogP contribution in [-0.4, -0.2) is 46.6 Å². The number of carbonyl (C=O) groups is 3. The molecule has 0 unspecified atom stereocenters. The quantitative estimate of drug-likeness (QED) is 0.186. The predicted octanol–water partition coefficient (Wildman–Crippen LogP) is 3.55. The number of ketones is 1. The number of nitrogens with one attached hydrogen (secondary N) is 3. The molecule has 0 saturated heterocycles. The summed E-state index contributed by atoms with van der Waals surface area (Å²) in [4.78, 5) is 36.4. The average molecular weight is 544 g/mol. The summed E-state index contributed by atoms with van der Waals surface area (Å²) in [6.07, 6.45) is -0.909. The van der Waals surface area contributed by atoms with Crippen LogP contribution < -0.4 is 16.1 Å². The van der Waals surface area contributed by atoms with Gasteiger partial charge in [-0.15, -0.1) is 0 Å². The average Bonchev–Trinajstić information content (AvgIpc) is 2.86. The molecule has 194 valence electrons. The zero-order valence-electron chi connectivity index (χ0n) is 20.0. The van der Waals surface area contributed by atoms with Gasteiger partial charge in [-0.05, 0) is 59.5 Å². The van der Waals surface area contributed by atoms with Crippen LogP contribution in [0.5, 0.6) is 0 Å². The summed E-state index contributed by atoms with van der Waals surface area (Å²) in [7, 11) is 0. The molecule has 0 radical (unpaired) electrons. The number of benzene rings is 3. The molecule has 0 bridgehead atoms. The van der Waals surface area contributed by atoms with Gasteiger partial charge in [-0.25, -0.2) is 5.48 Å². The summed E-state index contributed by atoms with van der Waals surface area (Å²) < 4.78 is 0. The second-order valence-electron chi connectivity index (χ2n) is 8.54. The molecule has 8 nitrogen and oxygen atoms in total. The summed E-state index contributed by atoms with van der Waals surface area (Å²) in [5.41, 5.74) is 5.25. The van der Waals surface area contributed by atoms with Gasteiger partial charge in [0.15, 0.2) is 5.78 Å². The van der Waals surface area contributed by atoms with E-state index < -0.39 is 24.0 Å². The lowest BCUT2D eigenvalue weighted by Crippen LogP contribution is -2.51. The van der Waals surface area contributed by atoms with E-state index in [1.807, 2.05) is 24.3 Å². The lowest BCUT2D eigenvalue weighted by Gasteiger charge is -2.19. The molecule has 3 rings (SSSR count). The molecule has 0 heterocycles. The number of halogens is 2. The molecule has 0 aliphatic rings. The van der Waals surface area contributed by atoms with Crippen LogP contribution >= 0.6 is 23.2 Å². The number of aliphatic hydroxyl groups excluding tert-OH is 1. The van der Waals surface area contributed by atoms with Crippen molar-refractivity contribution in [1.82, 2.24) is 16.1 Å². The number of aliphatic hydroxyl groups is 1. The van der Waals surface area contributed by atoms with Crippen molar-refractivity contribution >= 4 is 40.8 Å². The van der Waals surface area contributed by atoms with Crippen molar-refractivity contribution in [3.63, 3.8) is 0 Å². The maximum Gasteiger partial charge on any atom is 0.268 e. The van der Waals surface area contributed by atoms with E-state index in [1.54, 1.807) is 42.5 Å². The first-order chi connectivity index (χ1) is 17.7. The number of carbonyl (C=O) groups excluding carboxylic acids is 3. The van der Waals surface area contributed by atoms with Gasteiger partial charge < -0.3 is 15.7 Å². The molecule has 0 fully saturated rings. The molecule has 0 aliphatic heterocycles. The van der Waals surface area contributed by atoms with Gasteiger partial charge in [0.1, 0.15) is 6.04 Å². The second-order valence-corrected chi connectivity index (χ2v) is 9.41. The lowest BCUT2D eigenvalue weighted by molar-refractivity contribution is -0.133. The smallest absolute Gasteiger partial charge is 0.268 e. The highest BCUT2D eigenvalue weighted by Crippen LogP contribution is 2.21. The molecule has 0 saturated carbocycles. The Kier molecular flexibility index (Phi) is 10.2. The van der Waals surface area contributed by atoms with Crippen LogP contribution in [0.25, 0.3) is 11.1 Å². The van der Waals surface area contributed by atoms with Crippen molar-refractivity contribution in [3.05, 3.63) is 93.5 Å². The maximum absolute atomic E-state index is 12.4. The van der Waals surface area contributed by atoms with E-state index in [2.05, 4.69) is 10.6 Å². The first kappa shape index (κ1) is 28.3. The highest BCUT2D eigenvalue weighted by atomic mass is 35.5. The zero-order chi connectivity index (χ0) is 26.9. The van der Waals surface area contributed by atoms with E-state index in [4.69, 9.17) is 28.4 Å². The van der Waals surface area contributed by atoms with Gasteiger partial charge >= 0.3 is 0 Å². The largest absolute Gasteiger partial charge is 0.391 e. The first-order valence-electron chi connectivity index (χ1n) is 11.5. The van der Waals surface area contributed by atoms with E-state index in [0.717, 1.165) is 22.3 Å². The number of rotatable bonds is 11. The van der Waals surface area contributed by atoms with Crippen LogP contribution in [0.15, 0.2) is 66.7 Å². The molecular formula is C27H27Cl2N3O5. The minimum atomic E-state index is -1.29. The van der Waals surface area contributed by atoms with E-state index in [-0.39, 0.29) is 24.3 Å². The molecular weight excluding hydrogens is 517 g/mol. The van der Waals surface area contributed by atoms with Gasteiger partial charge in [0, 0.05) is 28.6 Å². The molecule has 3 aromatic rings. The van der Waals surface area contributed by atoms with Gasteiger partial charge in [-0.1, -0.05) is 59.6 Å². The normalized spacial score (nSPS) is 12.5. The maximum atomic E-state index is 12.4. The SMILES string of the molecule is C[C@@H](O)[C@H](NC(=O)c1ccc(-c2ccc(CC(=O)CNCc3cc(Cl)cc(Cl)c3)cc2)cc1)C(=O)NO. The molecule has 5 N–H and O–H groups in total. The zero-order valence-corrected chi connectivity index (χ0v) is 21.5. The molecule has 2 atom stereocenters. The standard InChI is InChI=1S/C27H27Cl2N3O5/c1-16(33)25(27(36)32-37)31-26(35)21-8-6-20(7-9-21)19-4-2-17(3-5-19)12-24(34)15-30-14-18-10-22(28)13-23(29)11-18/h2-11,13,16,25,30,33,37H,12,14-15H2,1H3,(H,31,35)(H,32,36)/t16-,25+/m1/s1. The fourth-order valence-corrected chi connectivity index (χ4v) is 4.25.